The van der Waals surface area contributed by atoms with Gasteiger partial charge in [-0.3, -0.25) is 4.79 Å². The number of aromatic hydroxyl groups is 1. The Morgan fingerprint density at radius 2 is 2.00 bits per heavy atom. The molecule has 1 aliphatic heterocycles. The van der Waals surface area contributed by atoms with Gasteiger partial charge in [0.2, 0.25) is 5.91 Å². The molecule has 1 N–H and O–H groups in total. The van der Waals surface area contributed by atoms with E-state index < -0.39 is 0 Å². The van der Waals surface area contributed by atoms with Gasteiger partial charge < -0.3 is 14.7 Å². The van der Waals surface area contributed by atoms with E-state index in [1.807, 2.05) is 30.9 Å². The summed E-state index contributed by atoms with van der Waals surface area (Å²) >= 11 is 0. The van der Waals surface area contributed by atoms with Crippen LogP contribution < -0.4 is 0 Å². The van der Waals surface area contributed by atoms with Crippen molar-refractivity contribution in [1.29, 1.82) is 0 Å². The molecule has 1 heterocycles. The van der Waals surface area contributed by atoms with Crippen molar-refractivity contribution >= 4 is 5.91 Å². The Labute approximate surface area is 120 Å². The van der Waals surface area contributed by atoms with Crippen LogP contribution in [0.2, 0.25) is 0 Å². The van der Waals surface area contributed by atoms with Crippen molar-refractivity contribution < 1.29 is 14.6 Å². The predicted octanol–water partition coefficient (Wildman–Crippen LogP) is 2.05. The second-order valence-corrected chi connectivity index (χ2v) is 5.69. The lowest BCUT2D eigenvalue weighted by molar-refractivity contribution is -0.128. The van der Waals surface area contributed by atoms with Gasteiger partial charge in [0.25, 0.3) is 0 Å². The molecular formula is C16H23NO3. The highest BCUT2D eigenvalue weighted by Crippen LogP contribution is 2.27. The number of ether oxygens (including phenoxy) is 1. The van der Waals surface area contributed by atoms with E-state index in [1.54, 1.807) is 7.11 Å². The minimum Gasteiger partial charge on any atom is -0.507 e. The number of carbonyl (C=O) groups is 1. The first kappa shape index (κ1) is 14.9. The maximum absolute atomic E-state index is 11.9. The Hall–Kier alpha value is -1.55. The average Bonchev–Trinajstić information content (AvgIpc) is 2.73. The fourth-order valence-electron chi connectivity index (χ4n) is 2.91. The Kier molecular flexibility index (Phi) is 4.65. The third-order valence-electron chi connectivity index (χ3n) is 3.94. The van der Waals surface area contributed by atoms with Gasteiger partial charge in [-0.1, -0.05) is 12.1 Å². The molecule has 0 saturated carbocycles. The molecule has 20 heavy (non-hydrogen) atoms. The number of benzene rings is 1. The first-order valence-corrected chi connectivity index (χ1v) is 7.07. The normalized spacial score (nSPS) is 18.9. The van der Waals surface area contributed by atoms with Crippen molar-refractivity contribution in [2.24, 2.45) is 5.92 Å². The van der Waals surface area contributed by atoms with Gasteiger partial charge in [0, 0.05) is 26.6 Å². The summed E-state index contributed by atoms with van der Waals surface area (Å²) in [6.07, 6.45) is 1.50. The van der Waals surface area contributed by atoms with E-state index in [0.29, 0.717) is 31.2 Å². The summed E-state index contributed by atoms with van der Waals surface area (Å²) in [7, 11) is 1.65. The quantitative estimate of drug-likeness (QED) is 0.896. The molecule has 1 fully saturated rings. The minimum atomic E-state index is 0.222. The zero-order valence-corrected chi connectivity index (χ0v) is 12.5. The number of hydrogen-bond acceptors (Lipinski definition) is 3. The number of amides is 1. The number of likely N-dealkylation sites (tertiary alicyclic amines) is 1. The van der Waals surface area contributed by atoms with Crippen LogP contribution in [-0.2, 0) is 16.0 Å². The predicted molar refractivity (Wildman–Crippen MR) is 77.8 cm³/mol. The molecule has 0 bridgehead atoms. The van der Waals surface area contributed by atoms with Crippen LogP contribution in [-0.4, -0.2) is 42.7 Å². The maximum Gasteiger partial charge on any atom is 0.223 e. The number of phenolic OH excluding ortho intramolecular Hbond substituents is 1. The molecular weight excluding hydrogens is 254 g/mol. The molecule has 0 aliphatic carbocycles. The van der Waals surface area contributed by atoms with E-state index in [0.717, 1.165) is 24.1 Å². The molecule has 0 spiro atoms. The van der Waals surface area contributed by atoms with Crippen molar-refractivity contribution in [1.82, 2.24) is 4.90 Å². The van der Waals surface area contributed by atoms with E-state index in [9.17, 15) is 9.90 Å². The summed E-state index contributed by atoms with van der Waals surface area (Å²) in [6, 6.07) is 4.04. The van der Waals surface area contributed by atoms with Crippen molar-refractivity contribution in [2.45, 2.75) is 26.7 Å². The van der Waals surface area contributed by atoms with Crippen LogP contribution in [0.1, 0.15) is 23.1 Å². The number of phenols is 1. The molecule has 0 radical (unpaired) electrons. The van der Waals surface area contributed by atoms with Gasteiger partial charge in [0.1, 0.15) is 5.75 Å². The standard InChI is InChI=1S/C16H23NO3/c1-11-6-13(7-12(2)16(11)19)8-14-9-15(18)17(10-14)4-5-20-3/h6-7,14,19H,4-5,8-10H2,1-3H3. The highest BCUT2D eigenvalue weighted by atomic mass is 16.5. The Morgan fingerprint density at radius 3 is 2.60 bits per heavy atom. The third-order valence-corrected chi connectivity index (χ3v) is 3.94. The lowest BCUT2D eigenvalue weighted by atomic mass is 9.95. The number of nitrogens with zero attached hydrogens (tertiary/aromatic N) is 1. The van der Waals surface area contributed by atoms with E-state index in [1.165, 1.54) is 5.56 Å². The van der Waals surface area contributed by atoms with Crippen LogP contribution in [0.15, 0.2) is 12.1 Å². The Balaban J connectivity index is 1.99. The molecule has 1 aromatic rings. The van der Waals surface area contributed by atoms with Crippen LogP contribution >= 0.6 is 0 Å². The monoisotopic (exact) mass is 277 g/mol. The van der Waals surface area contributed by atoms with Gasteiger partial charge in [-0.2, -0.15) is 0 Å². The summed E-state index contributed by atoms with van der Waals surface area (Å²) in [5.41, 5.74) is 3.00. The lowest BCUT2D eigenvalue weighted by Crippen LogP contribution is -2.28. The molecule has 0 aromatic heterocycles. The highest BCUT2D eigenvalue weighted by molar-refractivity contribution is 5.78. The molecule has 110 valence electrons. The first-order chi connectivity index (χ1) is 9.51. The van der Waals surface area contributed by atoms with Gasteiger partial charge in [-0.25, -0.2) is 0 Å². The minimum absolute atomic E-state index is 0.222. The summed E-state index contributed by atoms with van der Waals surface area (Å²) < 4.78 is 5.03. The van der Waals surface area contributed by atoms with Crippen molar-refractivity contribution in [2.75, 3.05) is 26.8 Å². The second-order valence-electron chi connectivity index (χ2n) is 5.69. The topological polar surface area (TPSA) is 49.8 Å². The molecule has 4 heteroatoms. The lowest BCUT2D eigenvalue weighted by Gasteiger charge is -2.16. The van der Waals surface area contributed by atoms with Gasteiger partial charge in [-0.15, -0.1) is 0 Å². The Morgan fingerprint density at radius 1 is 1.35 bits per heavy atom. The maximum atomic E-state index is 11.9. The van der Waals surface area contributed by atoms with E-state index in [4.69, 9.17) is 4.74 Å². The average molecular weight is 277 g/mol. The number of methoxy groups -OCH3 is 1. The number of carbonyl (C=O) groups excluding carboxylic acids is 1. The fourth-order valence-corrected chi connectivity index (χ4v) is 2.91. The molecule has 4 nitrogen and oxygen atoms in total. The van der Waals surface area contributed by atoms with E-state index in [-0.39, 0.29) is 5.91 Å². The Bertz CT molecular complexity index is 475. The van der Waals surface area contributed by atoms with Gasteiger partial charge in [0.05, 0.1) is 6.61 Å². The molecule has 1 atom stereocenters. The zero-order valence-electron chi connectivity index (χ0n) is 12.5. The second kappa shape index (κ2) is 6.27. The zero-order chi connectivity index (χ0) is 14.7. The third kappa shape index (κ3) is 3.31. The van der Waals surface area contributed by atoms with Crippen LogP contribution in [0.3, 0.4) is 0 Å². The molecule has 1 unspecified atom stereocenters. The van der Waals surface area contributed by atoms with Crippen LogP contribution in [0.25, 0.3) is 0 Å². The smallest absolute Gasteiger partial charge is 0.223 e. The van der Waals surface area contributed by atoms with Crippen molar-refractivity contribution in [3.05, 3.63) is 28.8 Å². The van der Waals surface area contributed by atoms with Gasteiger partial charge in [0.15, 0.2) is 0 Å². The summed E-state index contributed by atoms with van der Waals surface area (Å²) in [5.74, 6) is 0.958. The number of aryl methyl sites for hydroxylation is 2. The summed E-state index contributed by atoms with van der Waals surface area (Å²) in [5, 5.41) is 9.80. The summed E-state index contributed by atoms with van der Waals surface area (Å²) in [6.45, 7) is 5.91. The summed E-state index contributed by atoms with van der Waals surface area (Å²) in [4.78, 5) is 13.8. The number of hydrogen-bond donors (Lipinski definition) is 1. The van der Waals surface area contributed by atoms with Crippen LogP contribution in [0.5, 0.6) is 5.75 Å². The van der Waals surface area contributed by atoms with Gasteiger partial charge in [-0.05, 0) is 42.9 Å². The molecule has 1 aromatic carbocycles. The van der Waals surface area contributed by atoms with Gasteiger partial charge >= 0.3 is 0 Å². The first-order valence-electron chi connectivity index (χ1n) is 7.07. The fraction of sp³-hybridized carbons (Fsp3) is 0.562. The molecule has 1 aliphatic rings. The number of rotatable bonds is 5. The van der Waals surface area contributed by atoms with E-state index >= 15 is 0 Å². The van der Waals surface area contributed by atoms with Crippen molar-refractivity contribution in [3.8, 4) is 5.75 Å². The van der Waals surface area contributed by atoms with Crippen LogP contribution in [0.4, 0.5) is 0 Å². The molecule has 1 amide bonds. The highest BCUT2D eigenvalue weighted by Gasteiger charge is 2.29. The van der Waals surface area contributed by atoms with Crippen LogP contribution in [0, 0.1) is 19.8 Å². The largest absolute Gasteiger partial charge is 0.507 e. The molecule has 2 rings (SSSR count). The molecule has 1 saturated heterocycles. The SMILES string of the molecule is COCCN1CC(Cc2cc(C)c(O)c(C)c2)CC1=O. The van der Waals surface area contributed by atoms with Crippen molar-refractivity contribution in [3.63, 3.8) is 0 Å². The van der Waals surface area contributed by atoms with E-state index in [2.05, 4.69) is 0 Å².